The fourth-order valence-electron chi connectivity index (χ4n) is 1.96. The molecule has 0 unspecified atom stereocenters. The van der Waals surface area contributed by atoms with E-state index >= 15 is 0 Å². The molecular formula is C13H17NOS. The van der Waals surface area contributed by atoms with Crippen LogP contribution in [0.3, 0.4) is 0 Å². The van der Waals surface area contributed by atoms with Crippen LogP contribution in [0.2, 0.25) is 0 Å². The van der Waals surface area contributed by atoms with Gasteiger partial charge in [-0.25, -0.2) is 0 Å². The number of nitrogens with one attached hydrogen (secondary N) is 1. The molecule has 3 heteroatoms. The zero-order valence-corrected chi connectivity index (χ0v) is 10.2. The second-order valence-electron chi connectivity index (χ2n) is 4.01. The second-order valence-corrected chi connectivity index (χ2v) is 5.15. The molecule has 0 radical (unpaired) electrons. The SMILES string of the molecule is O=CCNCCc1ccc2c(c1)CCCS2. The first-order chi connectivity index (χ1) is 7.90. The van der Waals surface area contributed by atoms with Crippen LogP contribution in [-0.2, 0) is 17.6 Å². The van der Waals surface area contributed by atoms with Crippen LogP contribution in [0.25, 0.3) is 0 Å². The first kappa shape index (κ1) is 11.7. The van der Waals surface area contributed by atoms with Crippen molar-refractivity contribution in [3.8, 4) is 0 Å². The Morgan fingerprint density at radius 3 is 3.25 bits per heavy atom. The maximum absolute atomic E-state index is 10.1. The molecule has 2 nitrogen and oxygen atoms in total. The van der Waals surface area contributed by atoms with E-state index in [9.17, 15) is 4.79 Å². The smallest absolute Gasteiger partial charge is 0.133 e. The summed E-state index contributed by atoms with van der Waals surface area (Å²) in [5.74, 6) is 1.26. The summed E-state index contributed by atoms with van der Waals surface area (Å²) in [5, 5.41) is 3.09. The lowest BCUT2D eigenvalue weighted by Gasteiger charge is -2.16. The van der Waals surface area contributed by atoms with E-state index in [0.29, 0.717) is 6.54 Å². The summed E-state index contributed by atoms with van der Waals surface area (Å²) in [4.78, 5) is 11.6. The van der Waals surface area contributed by atoms with Gasteiger partial charge in [0.2, 0.25) is 0 Å². The van der Waals surface area contributed by atoms with Crippen LogP contribution in [0.15, 0.2) is 23.1 Å². The first-order valence-electron chi connectivity index (χ1n) is 5.79. The molecule has 1 aromatic carbocycles. The van der Waals surface area contributed by atoms with Gasteiger partial charge >= 0.3 is 0 Å². The second kappa shape index (κ2) is 6.06. The fourth-order valence-corrected chi connectivity index (χ4v) is 2.98. The molecule has 86 valence electrons. The highest BCUT2D eigenvalue weighted by molar-refractivity contribution is 7.99. The van der Waals surface area contributed by atoms with E-state index in [1.807, 2.05) is 11.8 Å². The van der Waals surface area contributed by atoms with Crippen LogP contribution >= 0.6 is 11.8 Å². The number of carbonyl (C=O) groups is 1. The Bertz CT molecular complexity index is 365. The normalized spacial score (nSPS) is 14.5. The van der Waals surface area contributed by atoms with E-state index in [1.165, 1.54) is 34.6 Å². The van der Waals surface area contributed by atoms with Crippen LogP contribution in [0.4, 0.5) is 0 Å². The molecule has 0 bridgehead atoms. The van der Waals surface area contributed by atoms with E-state index < -0.39 is 0 Å². The number of hydrogen-bond donors (Lipinski definition) is 1. The van der Waals surface area contributed by atoms with Gasteiger partial charge in [0.05, 0.1) is 6.54 Å². The van der Waals surface area contributed by atoms with Crippen molar-refractivity contribution in [3.63, 3.8) is 0 Å². The molecule has 1 aliphatic rings. The quantitative estimate of drug-likeness (QED) is 0.625. The molecule has 0 aliphatic carbocycles. The third kappa shape index (κ3) is 3.09. The molecule has 0 spiro atoms. The highest BCUT2D eigenvalue weighted by Crippen LogP contribution is 2.30. The molecule has 1 heterocycles. The standard InChI is InChI=1S/C13H17NOS/c15-8-7-14-6-5-11-3-4-13-12(10-11)2-1-9-16-13/h3-4,8,10,14H,1-2,5-7,9H2. The topological polar surface area (TPSA) is 29.1 Å². The third-order valence-corrected chi connectivity index (χ3v) is 3.99. The third-order valence-electron chi connectivity index (χ3n) is 2.79. The lowest BCUT2D eigenvalue weighted by atomic mass is 10.0. The molecule has 1 aliphatic heterocycles. The molecule has 0 fully saturated rings. The predicted molar refractivity (Wildman–Crippen MR) is 68.1 cm³/mol. The number of aldehydes is 1. The molecule has 0 saturated carbocycles. The van der Waals surface area contributed by atoms with Gasteiger partial charge in [-0.3, -0.25) is 0 Å². The molecule has 1 N–H and O–H groups in total. The summed E-state index contributed by atoms with van der Waals surface area (Å²) in [6.07, 6.45) is 4.43. The molecular weight excluding hydrogens is 218 g/mol. The van der Waals surface area contributed by atoms with Crippen LogP contribution in [0, 0.1) is 0 Å². The molecule has 16 heavy (non-hydrogen) atoms. The lowest BCUT2D eigenvalue weighted by Crippen LogP contribution is -2.19. The monoisotopic (exact) mass is 235 g/mol. The maximum Gasteiger partial charge on any atom is 0.133 e. The molecule has 1 aromatic rings. The van der Waals surface area contributed by atoms with Gasteiger partial charge < -0.3 is 10.1 Å². The lowest BCUT2D eigenvalue weighted by molar-refractivity contribution is -0.107. The average Bonchev–Trinajstić information content (AvgIpc) is 2.34. The van der Waals surface area contributed by atoms with Gasteiger partial charge in [0.1, 0.15) is 6.29 Å². The largest absolute Gasteiger partial charge is 0.310 e. The van der Waals surface area contributed by atoms with E-state index in [-0.39, 0.29) is 0 Å². The van der Waals surface area contributed by atoms with E-state index in [4.69, 9.17) is 0 Å². The Kier molecular flexibility index (Phi) is 4.43. The Morgan fingerprint density at radius 1 is 1.44 bits per heavy atom. The van der Waals surface area contributed by atoms with Crippen molar-refractivity contribution in [3.05, 3.63) is 29.3 Å². The number of carbonyl (C=O) groups excluding carboxylic acids is 1. The predicted octanol–water partition coefficient (Wildman–Crippen LogP) is 2.06. The van der Waals surface area contributed by atoms with Crippen LogP contribution in [-0.4, -0.2) is 25.1 Å². The van der Waals surface area contributed by atoms with Crippen LogP contribution in [0.5, 0.6) is 0 Å². The van der Waals surface area contributed by atoms with Gasteiger partial charge in [-0.1, -0.05) is 12.1 Å². The van der Waals surface area contributed by atoms with Gasteiger partial charge in [0.15, 0.2) is 0 Å². The number of thioether (sulfide) groups is 1. The molecule has 0 aromatic heterocycles. The average molecular weight is 235 g/mol. The van der Waals surface area contributed by atoms with Crippen molar-refractivity contribution >= 4 is 18.0 Å². The Labute approximate surface area is 101 Å². The summed E-state index contributed by atoms with van der Waals surface area (Å²) < 4.78 is 0. The van der Waals surface area contributed by atoms with Crippen molar-refractivity contribution in [1.29, 1.82) is 0 Å². The van der Waals surface area contributed by atoms with Crippen LogP contribution < -0.4 is 5.32 Å². The van der Waals surface area contributed by atoms with Gasteiger partial charge in [-0.2, -0.15) is 0 Å². The number of rotatable bonds is 5. The van der Waals surface area contributed by atoms with Crippen LogP contribution in [0.1, 0.15) is 17.5 Å². The zero-order chi connectivity index (χ0) is 11.2. The highest BCUT2D eigenvalue weighted by Gasteiger charge is 2.09. The maximum atomic E-state index is 10.1. The number of benzene rings is 1. The van der Waals surface area contributed by atoms with Crippen molar-refractivity contribution in [1.82, 2.24) is 5.32 Å². The van der Waals surface area contributed by atoms with E-state index in [1.54, 1.807) is 0 Å². The van der Waals surface area contributed by atoms with Gasteiger partial charge in [-0.05, 0) is 48.8 Å². The van der Waals surface area contributed by atoms with Gasteiger partial charge in [0.25, 0.3) is 0 Å². The number of fused-ring (bicyclic) bond motifs is 1. The van der Waals surface area contributed by atoms with Crippen molar-refractivity contribution in [2.75, 3.05) is 18.8 Å². The Hall–Kier alpha value is -0.800. The minimum absolute atomic E-state index is 0.459. The number of aryl methyl sites for hydroxylation is 1. The summed E-state index contributed by atoms with van der Waals surface area (Å²) in [7, 11) is 0. The highest BCUT2D eigenvalue weighted by atomic mass is 32.2. The fraction of sp³-hybridized carbons (Fsp3) is 0.462. The van der Waals surface area contributed by atoms with E-state index in [0.717, 1.165) is 19.3 Å². The van der Waals surface area contributed by atoms with Crippen molar-refractivity contribution in [2.24, 2.45) is 0 Å². The minimum atomic E-state index is 0.459. The number of hydrogen-bond acceptors (Lipinski definition) is 3. The molecule has 0 atom stereocenters. The van der Waals surface area contributed by atoms with E-state index in [2.05, 4.69) is 23.5 Å². The molecule has 0 saturated heterocycles. The zero-order valence-electron chi connectivity index (χ0n) is 9.37. The summed E-state index contributed by atoms with van der Waals surface area (Å²) in [5.41, 5.74) is 2.88. The van der Waals surface area contributed by atoms with Crippen molar-refractivity contribution in [2.45, 2.75) is 24.2 Å². The molecule has 2 rings (SSSR count). The van der Waals surface area contributed by atoms with Gasteiger partial charge in [0, 0.05) is 4.90 Å². The summed E-state index contributed by atoms with van der Waals surface area (Å²) in [6, 6.07) is 6.78. The summed E-state index contributed by atoms with van der Waals surface area (Å²) in [6.45, 7) is 1.34. The van der Waals surface area contributed by atoms with Crippen molar-refractivity contribution < 1.29 is 4.79 Å². The minimum Gasteiger partial charge on any atom is -0.310 e. The first-order valence-corrected chi connectivity index (χ1v) is 6.77. The Balaban J connectivity index is 1.92. The molecule has 0 amide bonds. The summed E-state index contributed by atoms with van der Waals surface area (Å²) >= 11 is 1.97. The Morgan fingerprint density at radius 2 is 2.38 bits per heavy atom. The van der Waals surface area contributed by atoms with Gasteiger partial charge in [-0.15, -0.1) is 11.8 Å².